The van der Waals surface area contributed by atoms with E-state index >= 15 is 0 Å². The molecule has 0 radical (unpaired) electrons. The van der Waals surface area contributed by atoms with E-state index in [0.29, 0.717) is 12.5 Å². The SMILES string of the molecule is CC1CCC(NC(=O)CCNC(C)(C)C)C1. The van der Waals surface area contributed by atoms with Gasteiger partial charge in [0.05, 0.1) is 0 Å². The first kappa shape index (κ1) is 13.5. The quantitative estimate of drug-likeness (QED) is 0.770. The average molecular weight is 226 g/mol. The predicted octanol–water partition coefficient (Wildman–Crippen LogP) is 2.07. The van der Waals surface area contributed by atoms with Gasteiger partial charge in [-0.25, -0.2) is 0 Å². The molecule has 2 atom stereocenters. The molecule has 1 aliphatic rings. The van der Waals surface area contributed by atoms with Gasteiger partial charge in [0.2, 0.25) is 5.91 Å². The van der Waals surface area contributed by atoms with Crippen molar-refractivity contribution in [2.45, 2.75) is 65.0 Å². The standard InChI is InChI=1S/C13H26N2O/c1-10-5-6-11(9-10)15-12(16)7-8-14-13(2,3)4/h10-11,14H,5-9H2,1-4H3,(H,15,16). The van der Waals surface area contributed by atoms with Gasteiger partial charge in [0.25, 0.3) is 0 Å². The molecule has 2 N–H and O–H groups in total. The minimum atomic E-state index is 0.0994. The van der Waals surface area contributed by atoms with E-state index in [2.05, 4.69) is 38.3 Å². The molecular weight excluding hydrogens is 200 g/mol. The van der Waals surface area contributed by atoms with Gasteiger partial charge in [-0.3, -0.25) is 4.79 Å². The lowest BCUT2D eigenvalue weighted by Crippen LogP contribution is -2.40. The van der Waals surface area contributed by atoms with Crippen LogP contribution in [0.15, 0.2) is 0 Å². The Morgan fingerprint density at radius 2 is 2.00 bits per heavy atom. The fraction of sp³-hybridized carbons (Fsp3) is 0.923. The molecule has 1 amide bonds. The summed E-state index contributed by atoms with van der Waals surface area (Å²) < 4.78 is 0. The summed E-state index contributed by atoms with van der Waals surface area (Å²) in [7, 11) is 0. The Kier molecular flexibility index (Phi) is 4.78. The molecule has 16 heavy (non-hydrogen) atoms. The Morgan fingerprint density at radius 3 is 2.50 bits per heavy atom. The normalized spacial score (nSPS) is 25.8. The van der Waals surface area contributed by atoms with Crippen LogP contribution in [-0.2, 0) is 4.79 Å². The molecule has 0 heterocycles. The smallest absolute Gasteiger partial charge is 0.221 e. The number of rotatable bonds is 4. The fourth-order valence-corrected chi connectivity index (χ4v) is 2.19. The average Bonchev–Trinajstić information content (AvgIpc) is 2.48. The van der Waals surface area contributed by atoms with E-state index in [1.807, 2.05) is 0 Å². The molecule has 1 saturated carbocycles. The summed E-state index contributed by atoms with van der Waals surface area (Å²) in [4.78, 5) is 11.6. The largest absolute Gasteiger partial charge is 0.353 e. The zero-order chi connectivity index (χ0) is 12.2. The lowest BCUT2D eigenvalue weighted by atomic mass is 10.1. The van der Waals surface area contributed by atoms with Crippen molar-refractivity contribution in [2.75, 3.05) is 6.54 Å². The number of carbonyl (C=O) groups is 1. The van der Waals surface area contributed by atoms with Crippen molar-refractivity contribution in [1.82, 2.24) is 10.6 Å². The van der Waals surface area contributed by atoms with Crippen molar-refractivity contribution < 1.29 is 4.79 Å². The van der Waals surface area contributed by atoms with Crippen molar-refractivity contribution in [3.8, 4) is 0 Å². The molecule has 1 aliphatic carbocycles. The van der Waals surface area contributed by atoms with Gasteiger partial charge < -0.3 is 10.6 Å². The van der Waals surface area contributed by atoms with Crippen LogP contribution in [0.3, 0.4) is 0 Å². The van der Waals surface area contributed by atoms with Crippen LogP contribution in [0.5, 0.6) is 0 Å². The van der Waals surface area contributed by atoms with Gasteiger partial charge in [-0.2, -0.15) is 0 Å². The van der Waals surface area contributed by atoms with Crippen LogP contribution in [0.1, 0.15) is 53.4 Å². The maximum atomic E-state index is 11.6. The third kappa shape index (κ3) is 5.50. The molecule has 0 aromatic rings. The minimum absolute atomic E-state index is 0.0994. The van der Waals surface area contributed by atoms with Gasteiger partial charge >= 0.3 is 0 Å². The zero-order valence-electron chi connectivity index (χ0n) is 11.1. The molecule has 2 unspecified atom stereocenters. The maximum Gasteiger partial charge on any atom is 0.221 e. The summed E-state index contributed by atoms with van der Waals surface area (Å²) >= 11 is 0. The molecule has 0 aromatic heterocycles. The predicted molar refractivity (Wildman–Crippen MR) is 67.3 cm³/mol. The van der Waals surface area contributed by atoms with E-state index in [-0.39, 0.29) is 11.4 Å². The molecule has 1 rings (SSSR count). The topological polar surface area (TPSA) is 41.1 Å². The van der Waals surface area contributed by atoms with Gasteiger partial charge in [-0.05, 0) is 46.0 Å². The number of nitrogens with one attached hydrogen (secondary N) is 2. The molecule has 0 aromatic carbocycles. The van der Waals surface area contributed by atoms with Crippen LogP contribution in [-0.4, -0.2) is 24.0 Å². The molecule has 0 spiro atoms. The van der Waals surface area contributed by atoms with Crippen LogP contribution in [0.4, 0.5) is 0 Å². The first-order chi connectivity index (χ1) is 7.37. The molecule has 0 saturated heterocycles. The number of hydrogen-bond acceptors (Lipinski definition) is 2. The van der Waals surface area contributed by atoms with Gasteiger partial charge in [0, 0.05) is 24.5 Å². The maximum absolute atomic E-state index is 11.6. The van der Waals surface area contributed by atoms with Crippen LogP contribution in [0, 0.1) is 5.92 Å². The van der Waals surface area contributed by atoms with Crippen LogP contribution >= 0.6 is 0 Å². The van der Waals surface area contributed by atoms with E-state index in [0.717, 1.165) is 25.3 Å². The highest BCUT2D eigenvalue weighted by Crippen LogP contribution is 2.24. The van der Waals surface area contributed by atoms with Crippen molar-refractivity contribution in [3.05, 3.63) is 0 Å². The Labute approximate surface area is 99.4 Å². The van der Waals surface area contributed by atoms with Crippen LogP contribution < -0.4 is 10.6 Å². The first-order valence-corrected chi connectivity index (χ1v) is 6.41. The minimum Gasteiger partial charge on any atom is -0.353 e. The summed E-state index contributed by atoms with van der Waals surface area (Å²) in [5.74, 6) is 0.967. The highest BCUT2D eigenvalue weighted by Gasteiger charge is 2.22. The van der Waals surface area contributed by atoms with Crippen molar-refractivity contribution in [1.29, 1.82) is 0 Å². The second-order valence-electron chi connectivity index (χ2n) is 6.11. The summed E-state index contributed by atoms with van der Waals surface area (Å²) in [5, 5.41) is 6.44. The first-order valence-electron chi connectivity index (χ1n) is 6.41. The monoisotopic (exact) mass is 226 g/mol. The third-order valence-electron chi connectivity index (χ3n) is 3.07. The van der Waals surface area contributed by atoms with E-state index in [9.17, 15) is 4.79 Å². The molecule has 1 fully saturated rings. The number of amides is 1. The Morgan fingerprint density at radius 1 is 1.31 bits per heavy atom. The number of carbonyl (C=O) groups excluding carboxylic acids is 1. The summed E-state index contributed by atoms with van der Waals surface area (Å²) in [5.41, 5.74) is 0.0994. The Hall–Kier alpha value is -0.570. The van der Waals surface area contributed by atoms with Gasteiger partial charge in [-0.15, -0.1) is 0 Å². The van der Waals surface area contributed by atoms with Crippen LogP contribution in [0.2, 0.25) is 0 Å². The van der Waals surface area contributed by atoms with Gasteiger partial charge in [-0.1, -0.05) is 6.92 Å². The van der Waals surface area contributed by atoms with E-state index < -0.39 is 0 Å². The summed E-state index contributed by atoms with van der Waals surface area (Å²) in [6, 6.07) is 0.428. The molecule has 0 aliphatic heterocycles. The summed E-state index contributed by atoms with van der Waals surface area (Å²) in [6.07, 6.45) is 4.14. The van der Waals surface area contributed by atoms with E-state index in [4.69, 9.17) is 0 Å². The van der Waals surface area contributed by atoms with Gasteiger partial charge in [0.15, 0.2) is 0 Å². The Bertz CT molecular complexity index is 233. The molecule has 3 heteroatoms. The van der Waals surface area contributed by atoms with Gasteiger partial charge in [0.1, 0.15) is 0 Å². The molecule has 3 nitrogen and oxygen atoms in total. The second-order valence-corrected chi connectivity index (χ2v) is 6.11. The fourth-order valence-electron chi connectivity index (χ4n) is 2.19. The van der Waals surface area contributed by atoms with Crippen LogP contribution in [0.25, 0.3) is 0 Å². The highest BCUT2D eigenvalue weighted by molar-refractivity contribution is 5.76. The Balaban J connectivity index is 2.12. The second kappa shape index (κ2) is 5.67. The lowest BCUT2D eigenvalue weighted by Gasteiger charge is -2.20. The number of hydrogen-bond donors (Lipinski definition) is 2. The van der Waals surface area contributed by atoms with E-state index in [1.54, 1.807) is 0 Å². The third-order valence-corrected chi connectivity index (χ3v) is 3.07. The molecular formula is C13H26N2O. The highest BCUT2D eigenvalue weighted by atomic mass is 16.1. The van der Waals surface area contributed by atoms with Crippen molar-refractivity contribution in [3.63, 3.8) is 0 Å². The van der Waals surface area contributed by atoms with Crippen molar-refractivity contribution in [2.24, 2.45) is 5.92 Å². The van der Waals surface area contributed by atoms with Crippen molar-refractivity contribution >= 4 is 5.91 Å². The molecule has 94 valence electrons. The molecule has 0 bridgehead atoms. The summed E-state index contributed by atoms with van der Waals surface area (Å²) in [6.45, 7) is 9.36. The van der Waals surface area contributed by atoms with E-state index in [1.165, 1.54) is 6.42 Å². The zero-order valence-corrected chi connectivity index (χ0v) is 11.1. The lowest BCUT2D eigenvalue weighted by molar-refractivity contribution is -0.121.